The van der Waals surface area contributed by atoms with Crippen LogP contribution in [0.2, 0.25) is 5.02 Å². The van der Waals surface area contributed by atoms with E-state index in [-0.39, 0.29) is 22.7 Å². The van der Waals surface area contributed by atoms with E-state index < -0.39 is 32.7 Å². The van der Waals surface area contributed by atoms with Crippen LogP contribution in [-0.4, -0.2) is 38.8 Å². The minimum atomic E-state index is -4.01. The number of carbonyl (C=O) groups is 1. The first kappa shape index (κ1) is 21.8. The van der Waals surface area contributed by atoms with E-state index in [1.165, 1.54) is 25.7 Å². The van der Waals surface area contributed by atoms with Crippen LogP contribution in [-0.2, 0) is 35.8 Å². The van der Waals surface area contributed by atoms with Crippen molar-refractivity contribution in [3.63, 3.8) is 0 Å². The monoisotopic (exact) mass is 453 g/mol. The number of hydrogen-bond donors (Lipinski definition) is 1. The molecule has 0 saturated carbocycles. The van der Waals surface area contributed by atoms with Gasteiger partial charge < -0.3 is 9.88 Å². The van der Waals surface area contributed by atoms with Gasteiger partial charge in [0, 0.05) is 38.3 Å². The summed E-state index contributed by atoms with van der Waals surface area (Å²) in [5.41, 5.74) is -0.0524. The van der Waals surface area contributed by atoms with Crippen molar-refractivity contribution >= 4 is 44.2 Å². The Morgan fingerprint density at radius 1 is 1.13 bits per heavy atom. The molecule has 0 unspecified atom stereocenters. The molecule has 2 aromatic heterocycles. The topological polar surface area (TPSA) is 125 Å². The van der Waals surface area contributed by atoms with Crippen LogP contribution in [0.5, 0.6) is 0 Å². The van der Waals surface area contributed by atoms with E-state index in [1.54, 1.807) is 18.2 Å². The predicted octanol–water partition coefficient (Wildman–Crippen LogP) is 0.735. The molecular formula is C18H20ClN5O5S. The zero-order valence-corrected chi connectivity index (χ0v) is 18.3. The molecule has 0 aliphatic heterocycles. The average Bonchev–Trinajstić information content (AvgIpc) is 3.04. The van der Waals surface area contributed by atoms with Gasteiger partial charge in [0.25, 0.3) is 5.56 Å². The van der Waals surface area contributed by atoms with Crippen molar-refractivity contribution in [2.45, 2.75) is 18.5 Å². The molecule has 160 valence electrons. The summed E-state index contributed by atoms with van der Waals surface area (Å²) in [5.74, 6) is -1.04. The van der Waals surface area contributed by atoms with Crippen molar-refractivity contribution in [2.75, 3.05) is 11.1 Å². The van der Waals surface area contributed by atoms with E-state index in [0.717, 1.165) is 14.7 Å². The van der Waals surface area contributed by atoms with Gasteiger partial charge in [-0.25, -0.2) is 18.2 Å². The fraction of sp³-hybridized carbons (Fsp3) is 0.333. The van der Waals surface area contributed by atoms with Gasteiger partial charge in [-0.2, -0.15) is 0 Å². The summed E-state index contributed by atoms with van der Waals surface area (Å²) in [4.78, 5) is 40.6. The molecule has 12 heteroatoms. The normalized spacial score (nSPS) is 11.8. The second-order valence-corrected chi connectivity index (χ2v) is 9.32. The number of carbonyl (C=O) groups excluding carboxylic acids is 1. The molecule has 1 N–H and O–H groups in total. The minimum Gasteiger partial charge on any atom is -0.326 e. The molecule has 2 heterocycles. The number of aromatic nitrogens is 4. The molecule has 0 bridgehead atoms. The van der Waals surface area contributed by atoms with Crippen LogP contribution in [0.3, 0.4) is 0 Å². The number of benzene rings is 1. The van der Waals surface area contributed by atoms with Gasteiger partial charge in [0.2, 0.25) is 20.9 Å². The largest absolute Gasteiger partial charge is 0.332 e. The molecule has 0 saturated heterocycles. The molecule has 0 aliphatic carbocycles. The van der Waals surface area contributed by atoms with E-state index in [4.69, 9.17) is 11.6 Å². The summed E-state index contributed by atoms with van der Waals surface area (Å²) < 4.78 is 28.8. The number of hydrogen-bond acceptors (Lipinski definition) is 6. The Balaban J connectivity index is 1.87. The average molecular weight is 454 g/mol. The van der Waals surface area contributed by atoms with Gasteiger partial charge in [-0.15, -0.1) is 0 Å². The molecule has 0 spiro atoms. The van der Waals surface area contributed by atoms with E-state index in [2.05, 4.69) is 10.3 Å². The van der Waals surface area contributed by atoms with Crippen molar-refractivity contribution < 1.29 is 13.2 Å². The molecule has 0 atom stereocenters. The van der Waals surface area contributed by atoms with E-state index in [9.17, 15) is 22.8 Å². The number of anilines is 1. The summed E-state index contributed by atoms with van der Waals surface area (Å²) in [6.07, 6.45) is -0.325. The zero-order valence-electron chi connectivity index (χ0n) is 16.8. The van der Waals surface area contributed by atoms with Crippen LogP contribution in [0.1, 0.15) is 12.0 Å². The highest BCUT2D eigenvalue weighted by Crippen LogP contribution is 2.20. The zero-order chi connectivity index (χ0) is 22.4. The number of amides is 1. The Morgan fingerprint density at radius 3 is 2.43 bits per heavy atom. The quantitative estimate of drug-likeness (QED) is 0.607. The molecule has 0 fully saturated rings. The summed E-state index contributed by atoms with van der Waals surface area (Å²) >= 11 is 6.02. The maximum atomic E-state index is 12.8. The Hall–Kier alpha value is -2.92. The van der Waals surface area contributed by atoms with Crippen molar-refractivity contribution in [1.82, 2.24) is 18.7 Å². The lowest BCUT2D eigenvalue weighted by molar-refractivity contribution is -0.115. The van der Waals surface area contributed by atoms with E-state index in [1.807, 2.05) is 6.92 Å². The van der Waals surface area contributed by atoms with Crippen molar-refractivity contribution in [3.05, 3.63) is 49.6 Å². The number of nitrogens with one attached hydrogen (secondary N) is 1. The second kappa shape index (κ2) is 7.73. The van der Waals surface area contributed by atoms with E-state index >= 15 is 0 Å². The van der Waals surface area contributed by atoms with Crippen LogP contribution in [0.15, 0.2) is 32.9 Å². The predicted molar refractivity (Wildman–Crippen MR) is 113 cm³/mol. The van der Waals surface area contributed by atoms with Gasteiger partial charge in [0.05, 0.1) is 5.75 Å². The number of sulfone groups is 1. The molecular weight excluding hydrogens is 434 g/mol. The van der Waals surface area contributed by atoms with Crippen molar-refractivity contribution in [2.24, 2.45) is 21.1 Å². The summed E-state index contributed by atoms with van der Waals surface area (Å²) in [6.45, 7) is 1.82. The maximum absolute atomic E-state index is 12.8. The highest BCUT2D eigenvalue weighted by Gasteiger charge is 2.26. The van der Waals surface area contributed by atoms with Crippen LogP contribution in [0.25, 0.3) is 11.2 Å². The number of rotatable bonds is 5. The van der Waals surface area contributed by atoms with Crippen LogP contribution < -0.4 is 16.6 Å². The van der Waals surface area contributed by atoms with Gasteiger partial charge in [0.15, 0.2) is 11.2 Å². The molecule has 3 aromatic rings. The van der Waals surface area contributed by atoms with Crippen LogP contribution in [0.4, 0.5) is 5.69 Å². The smallest absolute Gasteiger partial charge is 0.326 e. The molecule has 0 aliphatic rings. The lowest BCUT2D eigenvalue weighted by Gasteiger charge is -2.08. The summed E-state index contributed by atoms with van der Waals surface area (Å²) in [6, 6.07) is 4.97. The highest BCUT2D eigenvalue weighted by atomic mass is 35.5. The summed E-state index contributed by atoms with van der Waals surface area (Å²) in [5, 5.41) is 2.69. The van der Waals surface area contributed by atoms with Gasteiger partial charge in [-0.1, -0.05) is 17.7 Å². The first-order valence-electron chi connectivity index (χ1n) is 8.85. The van der Waals surface area contributed by atoms with Crippen LogP contribution >= 0.6 is 11.6 Å². The first-order valence-corrected chi connectivity index (χ1v) is 10.9. The molecule has 1 amide bonds. The number of imidazole rings is 1. The SMILES string of the molecule is Cc1ccc(NC(=O)CCS(=O)(=O)c2nc3c(=O)n(C)c(=O)n(C)c3n2C)cc1Cl. The van der Waals surface area contributed by atoms with Gasteiger partial charge in [-0.05, 0) is 24.6 Å². The van der Waals surface area contributed by atoms with E-state index in [0.29, 0.717) is 10.7 Å². The Bertz CT molecular complexity index is 1400. The standard InChI is InChI=1S/C18H20ClN5O5S/c1-10-5-6-11(9-12(10)19)20-13(25)7-8-30(28,29)17-21-14-15(22(17)2)23(3)18(27)24(4)16(14)26/h5-6,9H,7-8H2,1-4H3,(H,20,25). The lowest BCUT2D eigenvalue weighted by Crippen LogP contribution is -2.37. The fourth-order valence-electron chi connectivity index (χ4n) is 3.05. The number of aryl methyl sites for hydroxylation is 3. The molecule has 1 aromatic carbocycles. The van der Waals surface area contributed by atoms with Gasteiger partial charge in [0.1, 0.15) is 0 Å². The molecule has 0 radical (unpaired) electrons. The first-order chi connectivity index (χ1) is 13.9. The fourth-order valence-corrected chi connectivity index (χ4v) is 4.60. The van der Waals surface area contributed by atoms with Gasteiger partial charge >= 0.3 is 5.69 Å². The maximum Gasteiger partial charge on any atom is 0.332 e. The molecule has 3 rings (SSSR count). The van der Waals surface area contributed by atoms with Crippen LogP contribution in [0, 0.1) is 6.92 Å². The highest BCUT2D eigenvalue weighted by molar-refractivity contribution is 7.91. The van der Waals surface area contributed by atoms with Crippen molar-refractivity contribution in [1.29, 1.82) is 0 Å². The van der Waals surface area contributed by atoms with Crippen molar-refractivity contribution in [3.8, 4) is 0 Å². The Labute approximate surface area is 176 Å². The minimum absolute atomic E-state index is 0.0837. The number of fused-ring (bicyclic) bond motifs is 1. The van der Waals surface area contributed by atoms with Gasteiger partial charge in [-0.3, -0.25) is 18.7 Å². The Morgan fingerprint density at radius 2 is 1.80 bits per heavy atom. The second-order valence-electron chi connectivity index (χ2n) is 6.91. The molecule has 10 nitrogen and oxygen atoms in total. The third kappa shape index (κ3) is 3.77. The Kier molecular flexibility index (Phi) is 5.61. The number of nitrogens with zero attached hydrogens (tertiary/aromatic N) is 4. The lowest BCUT2D eigenvalue weighted by atomic mass is 10.2. The number of halogens is 1. The third-order valence-corrected chi connectivity index (χ3v) is 6.82. The third-order valence-electron chi connectivity index (χ3n) is 4.75. The molecule has 30 heavy (non-hydrogen) atoms. The summed E-state index contributed by atoms with van der Waals surface area (Å²) in [7, 11) is 0.0908.